The van der Waals surface area contributed by atoms with Crippen molar-refractivity contribution < 1.29 is 54.9 Å². The highest BCUT2D eigenvalue weighted by molar-refractivity contribution is 5.83. The summed E-state index contributed by atoms with van der Waals surface area (Å²) in [4.78, 5) is 43.4. The third-order valence-electron chi connectivity index (χ3n) is 2.53. The molecule has 0 radical (unpaired) electrons. The number of nitrogens with two attached hydrogens (primary N) is 1. The second-order valence-electron chi connectivity index (χ2n) is 5.12. The highest BCUT2D eigenvalue weighted by Crippen LogP contribution is 1.99. The van der Waals surface area contributed by atoms with Gasteiger partial charge in [-0.1, -0.05) is 13.8 Å². The molecule has 8 N–H and O–H groups in total. The van der Waals surface area contributed by atoms with E-state index in [9.17, 15) is 24.5 Å². The van der Waals surface area contributed by atoms with Crippen LogP contribution in [0.5, 0.6) is 0 Å². The first-order chi connectivity index (χ1) is 12.3. The molecule has 0 spiro atoms. The van der Waals surface area contributed by atoms with Gasteiger partial charge in [0.2, 0.25) is 0 Å². The van der Waals surface area contributed by atoms with E-state index in [1.165, 1.54) is 0 Å². The van der Waals surface area contributed by atoms with Crippen molar-refractivity contribution in [3.8, 4) is 0 Å². The predicted octanol–water partition coefficient (Wildman–Crippen LogP) is -2.67. The molecule has 0 aliphatic heterocycles. The standard InChI is InChI=1S/C5H10N2O4.C4H6O6.C4H10O2/c1-3(2)4(6)5(8)11-7(9)10;5-1(3(7)8)2(6)4(9)10;5-3-1-2-4-6/h3-4H,6H2,1-2H3;1-2,5-6H,(H,7,8)(H,9,10);5-6H,1-4H2/t4-;;/m0../s1. The van der Waals surface area contributed by atoms with E-state index in [0.29, 0.717) is 0 Å². The molecule has 0 fully saturated rings. The van der Waals surface area contributed by atoms with Crippen molar-refractivity contribution in [3.63, 3.8) is 0 Å². The Morgan fingerprint density at radius 1 is 1.00 bits per heavy atom. The zero-order valence-electron chi connectivity index (χ0n) is 14.8. The van der Waals surface area contributed by atoms with Crippen LogP contribution in [-0.4, -0.2) is 85.1 Å². The van der Waals surface area contributed by atoms with Crippen LogP contribution in [0.1, 0.15) is 26.7 Å². The topological polar surface area (TPSA) is 251 Å². The van der Waals surface area contributed by atoms with Crippen LogP contribution in [-0.2, 0) is 19.2 Å². The molecule has 0 amide bonds. The molecule has 0 heterocycles. The van der Waals surface area contributed by atoms with E-state index in [2.05, 4.69) is 4.84 Å². The van der Waals surface area contributed by atoms with Gasteiger partial charge in [0.05, 0.1) is 6.04 Å². The van der Waals surface area contributed by atoms with E-state index in [4.69, 9.17) is 36.4 Å². The fraction of sp³-hybridized carbons (Fsp3) is 0.769. The Kier molecular flexibility index (Phi) is 18.5. The van der Waals surface area contributed by atoms with Crippen molar-refractivity contribution in [1.29, 1.82) is 0 Å². The molecule has 0 rings (SSSR count). The lowest BCUT2D eigenvalue weighted by Gasteiger charge is -2.10. The SMILES string of the molecule is CC(C)[C@H](N)C(=O)O[N+](=O)[O-].O=C(O)C(O)C(O)C(=O)O.OCCCCO. The predicted molar refractivity (Wildman–Crippen MR) is 86.6 cm³/mol. The molecule has 0 aromatic rings. The first kappa shape index (κ1) is 29.4. The number of aliphatic hydroxyl groups is 4. The zero-order chi connectivity index (χ0) is 22.2. The third kappa shape index (κ3) is 18.2. The number of carboxylic acids is 2. The lowest BCUT2D eigenvalue weighted by molar-refractivity contribution is -0.730. The molecule has 0 aliphatic rings. The van der Waals surface area contributed by atoms with Crippen LogP contribution in [0.2, 0.25) is 0 Å². The second kappa shape index (κ2) is 17.0. The van der Waals surface area contributed by atoms with Crippen molar-refractivity contribution in [3.05, 3.63) is 10.1 Å². The van der Waals surface area contributed by atoms with Gasteiger partial charge in [-0.2, -0.15) is 0 Å². The highest BCUT2D eigenvalue weighted by Gasteiger charge is 2.29. The van der Waals surface area contributed by atoms with Crippen molar-refractivity contribution in [1.82, 2.24) is 0 Å². The first-order valence-electron chi connectivity index (χ1n) is 7.48. The number of carbonyl (C=O) groups is 3. The van der Waals surface area contributed by atoms with Crippen LogP contribution in [0.25, 0.3) is 0 Å². The molecular weight excluding hydrogens is 376 g/mol. The fourth-order valence-electron chi connectivity index (χ4n) is 0.900. The van der Waals surface area contributed by atoms with Gasteiger partial charge in [-0.3, -0.25) is 4.79 Å². The molecule has 2 unspecified atom stereocenters. The molecular formula is C13H26N2O12. The van der Waals surface area contributed by atoms with E-state index in [1.807, 2.05) is 0 Å². The van der Waals surface area contributed by atoms with Gasteiger partial charge in [-0.15, -0.1) is 10.1 Å². The van der Waals surface area contributed by atoms with Crippen LogP contribution in [0.3, 0.4) is 0 Å². The molecule has 0 aliphatic carbocycles. The van der Waals surface area contributed by atoms with Gasteiger partial charge in [0.1, 0.15) is 0 Å². The highest BCUT2D eigenvalue weighted by atomic mass is 17.0. The van der Waals surface area contributed by atoms with Crippen molar-refractivity contribution >= 4 is 17.9 Å². The minimum atomic E-state index is -2.27. The quantitative estimate of drug-likeness (QED) is 0.118. The summed E-state index contributed by atoms with van der Waals surface area (Å²) < 4.78 is 0. The van der Waals surface area contributed by atoms with E-state index >= 15 is 0 Å². The number of aliphatic hydroxyl groups excluding tert-OH is 4. The molecule has 27 heavy (non-hydrogen) atoms. The minimum absolute atomic E-state index is 0.164. The Hall–Kier alpha value is -2.39. The fourth-order valence-corrected chi connectivity index (χ4v) is 0.900. The number of aliphatic carboxylic acids is 2. The van der Waals surface area contributed by atoms with E-state index in [0.717, 1.165) is 12.8 Å². The molecule has 3 atom stereocenters. The molecule has 0 saturated heterocycles. The van der Waals surface area contributed by atoms with E-state index in [1.54, 1.807) is 13.8 Å². The average Bonchev–Trinajstić information content (AvgIpc) is 2.57. The van der Waals surface area contributed by atoms with Gasteiger partial charge in [0, 0.05) is 13.2 Å². The second-order valence-corrected chi connectivity index (χ2v) is 5.12. The molecule has 160 valence electrons. The largest absolute Gasteiger partial charge is 0.479 e. The minimum Gasteiger partial charge on any atom is -0.479 e. The summed E-state index contributed by atoms with van der Waals surface area (Å²) in [6.45, 7) is 3.73. The van der Waals surface area contributed by atoms with Gasteiger partial charge in [0.25, 0.3) is 0 Å². The van der Waals surface area contributed by atoms with Gasteiger partial charge in [0.15, 0.2) is 12.2 Å². The number of hydrogen-bond donors (Lipinski definition) is 7. The Balaban J connectivity index is -0.000000334. The van der Waals surface area contributed by atoms with Gasteiger partial charge in [-0.25, -0.2) is 14.4 Å². The summed E-state index contributed by atoms with van der Waals surface area (Å²) in [7, 11) is 0. The van der Waals surface area contributed by atoms with Gasteiger partial charge < -0.3 is 36.4 Å². The van der Waals surface area contributed by atoms with Crippen LogP contribution in [0.4, 0.5) is 0 Å². The van der Waals surface area contributed by atoms with Gasteiger partial charge in [-0.05, 0) is 18.8 Å². The van der Waals surface area contributed by atoms with Crippen LogP contribution in [0.15, 0.2) is 0 Å². The molecule has 14 heteroatoms. The molecule has 0 aromatic carbocycles. The molecule has 0 aromatic heterocycles. The summed E-state index contributed by atoms with van der Waals surface area (Å²) in [5.74, 6) is -4.71. The monoisotopic (exact) mass is 402 g/mol. The number of carbonyl (C=O) groups excluding carboxylic acids is 1. The summed E-state index contributed by atoms with van der Waals surface area (Å²) in [6.07, 6.45) is -3.09. The molecule has 0 saturated carbocycles. The lowest BCUT2D eigenvalue weighted by Crippen LogP contribution is -2.39. The van der Waals surface area contributed by atoms with Crippen LogP contribution in [0, 0.1) is 16.0 Å². The number of carboxylic acid groups (broad SMARTS) is 2. The summed E-state index contributed by atoms with van der Waals surface area (Å²) in [5, 5.41) is 57.2. The molecule has 14 nitrogen and oxygen atoms in total. The number of unbranched alkanes of at least 4 members (excludes halogenated alkanes) is 1. The van der Waals surface area contributed by atoms with E-state index < -0.39 is 41.2 Å². The summed E-state index contributed by atoms with van der Waals surface area (Å²) in [6, 6.07) is -0.930. The number of nitrogens with zero attached hydrogens (tertiary/aromatic N) is 1. The zero-order valence-corrected chi connectivity index (χ0v) is 14.8. The van der Waals surface area contributed by atoms with Gasteiger partial charge >= 0.3 is 23.0 Å². The van der Waals surface area contributed by atoms with Crippen molar-refractivity contribution in [2.45, 2.75) is 44.9 Å². The third-order valence-corrected chi connectivity index (χ3v) is 2.53. The van der Waals surface area contributed by atoms with Crippen LogP contribution >= 0.6 is 0 Å². The first-order valence-corrected chi connectivity index (χ1v) is 7.48. The normalized spacial score (nSPS) is 13.0. The smallest absolute Gasteiger partial charge is 0.335 e. The molecule has 0 bridgehead atoms. The maximum absolute atomic E-state index is 10.6. The van der Waals surface area contributed by atoms with E-state index in [-0.39, 0.29) is 19.1 Å². The number of hydrogen-bond acceptors (Lipinski definition) is 11. The average molecular weight is 402 g/mol. The Labute approximate surface area is 153 Å². The Morgan fingerprint density at radius 2 is 1.33 bits per heavy atom. The van der Waals surface area contributed by atoms with Crippen molar-refractivity contribution in [2.75, 3.05) is 13.2 Å². The number of rotatable bonds is 9. The van der Waals surface area contributed by atoms with Crippen molar-refractivity contribution in [2.24, 2.45) is 11.7 Å². The Morgan fingerprint density at radius 3 is 1.52 bits per heavy atom. The summed E-state index contributed by atoms with van der Waals surface area (Å²) >= 11 is 0. The van der Waals surface area contributed by atoms with Crippen LogP contribution < -0.4 is 5.73 Å². The Bertz CT molecular complexity index is 435. The lowest BCUT2D eigenvalue weighted by atomic mass is 10.1. The summed E-state index contributed by atoms with van der Waals surface area (Å²) in [5.41, 5.74) is 5.23. The maximum Gasteiger partial charge on any atom is 0.335 e. The maximum atomic E-state index is 10.6.